The summed E-state index contributed by atoms with van der Waals surface area (Å²) in [6.07, 6.45) is 4.47. The van der Waals surface area contributed by atoms with E-state index in [2.05, 4.69) is 23.3 Å². The fourth-order valence-electron chi connectivity index (χ4n) is 5.61. The number of rotatable bonds is 2. The Labute approximate surface area is 192 Å². The number of anilines is 1. The Morgan fingerprint density at radius 3 is 2.94 bits per heavy atom. The molecule has 2 N–H and O–H groups in total. The molecule has 6 nitrogen and oxygen atoms in total. The third-order valence-electron chi connectivity index (χ3n) is 7.21. The minimum absolute atomic E-state index is 0.173. The second-order valence-electron chi connectivity index (χ2n) is 9.27. The van der Waals surface area contributed by atoms with Crippen molar-refractivity contribution >= 4 is 22.6 Å². The molecule has 3 aromatic carbocycles. The molecule has 0 saturated carbocycles. The summed E-state index contributed by atoms with van der Waals surface area (Å²) in [5.41, 5.74) is 2.69. The van der Waals surface area contributed by atoms with Crippen LogP contribution in [0.15, 0.2) is 66.7 Å². The van der Waals surface area contributed by atoms with Crippen molar-refractivity contribution < 1.29 is 19.4 Å². The maximum Gasteiger partial charge on any atom is 0.412 e. The van der Waals surface area contributed by atoms with Gasteiger partial charge in [0.1, 0.15) is 12.2 Å². The van der Waals surface area contributed by atoms with Crippen LogP contribution in [0.2, 0.25) is 0 Å². The minimum atomic E-state index is -0.489. The van der Waals surface area contributed by atoms with Crippen LogP contribution in [0.1, 0.15) is 24.0 Å². The van der Waals surface area contributed by atoms with Crippen molar-refractivity contribution in [2.45, 2.75) is 37.0 Å². The van der Waals surface area contributed by atoms with Crippen LogP contribution in [0.25, 0.3) is 10.8 Å². The van der Waals surface area contributed by atoms with Crippen molar-refractivity contribution in [3.8, 4) is 11.5 Å². The predicted molar refractivity (Wildman–Crippen MR) is 127 cm³/mol. The van der Waals surface area contributed by atoms with E-state index in [1.165, 1.54) is 5.56 Å². The molecule has 0 fully saturated rings. The topological polar surface area (TPSA) is 71.0 Å². The van der Waals surface area contributed by atoms with E-state index >= 15 is 0 Å². The molecular formula is C27H26N2O4. The number of fused-ring (bicyclic) bond motifs is 1. The van der Waals surface area contributed by atoms with Gasteiger partial charge < -0.3 is 19.5 Å². The first-order valence-corrected chi connectivity index (χ1v) is 11.4. The van der Waals surface area contributed by atoms with E-state index in [0.29, 0.717) is 12.2 Å². The van der Waals surface area contributed by atoms with Crippen molar-refractivity contribution in [3.05, 3.63) is 77.9 Å². The van der Waals surface area contributed by atoms with Gasteiger partial charge in [-0.05, 0) is 49.2 Å². The van der Waals surface area contributed by atoms with E-state index in [-0.39, 0.29) is 17.3 Å². The van der Waals surface area contributed by atoms with Gasteiger partial charge in [-0.2, -0.15) is 0 Å². The number of hydrogen-bond donors (Lipinski definition) is 2. The van der Waals surface area contributed by atoms with Crippen LogP contribution < -0.4 is 10.1 Å². The zero-order chi connectivity index (χ0) is 22.6. The summed E-state index contributed by atoms with van der Waals surface area (Å²) in [5, 5.41) is 15.4. The van der Waals surface area contributed by atoms with Crippen molar-refractivity contribution in [2.24, 2.45) is 0 Å². The van der Waals surface area contributed by atoms with Gasteiger partial charge in [-0.1, -0.05) is 48.5 Å². The number of carbonyl (C=O) groups excluding carboxylic acids is 1. The molecule has 3 atom stereocenters. The van der Waals surface area contributed by atoms with Gasteiger partial charge in [0.2, 0.25) is 0 Å². The van der Waals surface area contributed by atoms with E-state index in [1.54, 1.807) is 6.07 Å². The first-order valence-electron chi connectivity index (χ1n) is 11.4. The van der Waals surface area contributed by atoms with Crippen LogP contribution in [-0.2, 0) is 16.7 Å². The highest BCUT2D eigenvalue weighted by Crippen LogP contribution is 2.55. The lowest BCUT2D eigenvalue weighted by Crippen LogP contribution is -2.44. The summed E-state index contributed by atoms with van der Waals surface area (Å²) in [4.78, 5) is 15.0. The Balaban J connectivity index is 1.25. The van der Waals surface area contributed by atoms with Gasteiger partial charge in [0.25, 0.3) is 0 Å². The maximum absolute atomic E-state index is 12.7. The molecule has 0 bridgehead atoms. The van der Waals surface area contributed by atoms with Crippen molar-refractivity contribution in [2.75, 3.05) is 18.9 Å². The highest BCUT2D eigenvalue weighted by molar-refractivity contribution is 6.00. The van der Waals surface area contributed by atoms with Crippen LogP contribution in [-0.4, -0.2) is 41.9 Å². The zero-order valence-corrected chi connectivity index (χ0v) is 18.5. The Morgan fingerprint density at radius 1 is 1.18 bits per heavy atom. The molecule has 3 aliphatic rings. The summed E-state index contributed by atoms with van der Waals surface area (Å²) >= 11 is 0. The van der Waals surface area contributed by atoms with Gasteiger partial charge in [-0.3, -0.25) is 5.32 Å². The van der Waals surface area contributed by atoms with Gasteiger partial charge >= 0.3 is 6.09 Å². The van der Waals surface area contributed by atoms with E-state index in [9.17, 15) is 9.90 Å². The number of phenolic OH excluding ortho intramolecular Hbond substituents is 1. The molecule has 0 aromatic heterocycles. The number of benzene rings is 3. The van der Waals surface area contributed by atoms with Crippen LogP contribution in [0.3, 0.4) is 0 Å². The van der Waals surface area contributed by atoms with Crippen LogP contribution in [0.4, 0.5) is 10.5 Å². The van der Waals surface area contributed by atoms with Crippen LogP contribution in [0, 0.1) is 0 Å². The zero-order valence-electron chi connectivity index (χ0n) is 18.5. The lowest BCUT2D eigenvalue weighted by atomic mass is 9.69. The van der Waals surface area contributed by atoms with Gasteiger partial charge in [-0.15, -0.1) is 0 Å². The van der Waals surface area contributed by atoms with Gasteiger partial charge in [0, 0.05) is 23.9 Å². The Hall–Kier alpha value is -3.51. The largest absolute Gasteiger partial charge is 0.504 e. The van der Waals surface area contributed by atoms with Crippen molar-refractivity contribution in [1.82, 2.24) is 4.90 Å². The average Bonchev–Trinajstić information content (AvgIpc) is 3.08. The highest BCUT2D eigenvalue weighted by atomic mass is 16.6. The van der Waals surface area contributed by atoms with Crippen LogP contribution >= 0.6 is 0 Å². The van der Waals surface area contributed by atoms with Crippen LogP contribution in [0.5, 0.6) is 11.5 Å². The maximum atomic E-state index is 12.7. The number of phenols is 1. The number of nitrogens with zero attached hydrogens (tertiary/aromatic N) is 1. The van der Waals surface area contributed by atoms with Gasteiger partial charge in [0.15, 0.2) is 11.5 Å². The standard InChI is InChI=1S/C27H26N2O4/c1-29-14-13-27-12-11-19(15-23(27)33-25-22(30)10-9-18(16-29)24(25)27)32-26(31)28-21-8-4-6-17-5-2-3-7-20(17)21/h2-12,19,23,30H,13-16H2,1H3,(H,28,31)/t19-,23-,27-/m0/s1. The van der Waals surface area contributed by atoms with Crippen molar-refractivity contribution in [1.29, 1.82) is 0 Å². The monoisotopic (exact) mass is 442 g/mol. The summed E-state index contributed by atoms with van der Waals surface area (Å²) in [6, 6.07) is 17.4. The second-order valence-corrected chi connectivity index (χ2v) is 9.27. The first-order chi connectivity index (χ1) is 16.0. The quantitative estimate of drug-likeness (QED) is 0.549. The Kier molecular flexibility index (Phi) is 4.59. The second kappa shape index (κ2) is 7.52. The highest BCUT2D eigenvalue weighted by Gasteiger charge is 2.53. The first kappa shape index (κ1) is 20.1. The van der Waals surface area contributed by atoms with E-state index in [1.807, 2.05) is 54.6 Å². The van der Waals surface area contributed by atoms with E-state index in [0.717, 1.165) is 41.5 Å². The fourth-order valence-corrected chi connectivity index (χ4v) is 5.61. The Morgan fingerprint density at radius 2 is 2.03 bits per heavy atom. The molecule has 0 saturated heterocycles. The molecule has 0 unspecified atom stereocenters. The minimum Gasteiger partial charge on any atom is -0.504 e. The summed E-state index contributed by atoms with van der Waals surface area (Å²) < 4.78 is 12.1. The number of hydrogen-bond acceptors (Lipinski definition) is 5. The van der Waals surface area contributed by atoms with Gasteiger partial charge in [-0.25, -0.2) is 4.79 Å². The number of aromatic hydroxyl groups is 1. The molecule has 1 amide bonds. The molecular weight excluding hydrogens is 416 g/mol. The van der Waals surface area contributed by atoms with E-state index in [4.69, 9.17) is 9.47 Å². The fraction of sp³-hybridized carbons (Fsp3) is 0.296. The normalized spacial score (nSPS) is 25.6. The molecule has 33 heavy (non-hydrogen) atoms. The molecule has 1 spiro atoms. The van der Waals surface area contributed by atoms with Gasteiger partial charge in [0.05, 0.1) is 11.1 Å². The van der Waals surface area contributed by atoms with Crippen molar-refractivity contribution in [3.63, 3.8) is 0 Å². The molecule has 6 heteroatoms. The number of amides is 1. The lowest BCUT2D eigenvalue weighted by Gasteiger charge is -2.36. The number of nitrogens with one attached hydrogen (secondary N) is 1. The number of carbonyl (C=O) groups is 1. The third-order valence-corrected chi connectivity index (χ3v) is 7.21. The summed E-state index contributed by atoms with van der Waals surface area (Å²) in [6.45, 7) is 1.74. The van der Waals surface area contributed by atoms with E-state index < -0.39 is 12.2 Å². The molecule has 168 valence electrons. The molecule has 3 aromatic rings. The molecule has 2 aliphatic heterocycles. The Bertz CT molecular complexity index is 1280. The predicted octanol–water partition coefficient (Wildman–Crippen LogP) is 4.96. The smallest absolute Gasteiger partial charge is 0.412 e. The lowest BCUT2D eigenvalue weighted by molar-refractivity contribution is 0.0667. The third kappa shape index (κ3) is 3.25. The SMILES string of the molecule is CN1CC[C@@]23C=C[C@H](OC(=O)Nc4cccc5ccccc45)C[C@@H]2Oc2c(O)ccc(c23)C1. The number of ether oxygens (including phenoxy) is 2. The molecule has 6 rings (SSSR count). The summed E-state index contributed by atoms with van der Waals surface area (Å²) in [7, 11) is 2.11. The molecule has 1 aliphatic carbocycles. The molecule has 0 radical (unpaired) electrons. The molecule has 2 heterocycles. The average molecular weight is 443 g/mol. The summed E-state index contributed by atoms with van der Waals surface area (Å²) in [5.74, 6) is 0.755.